The van der Waals surface area contributed by atoms with Crippen LogP contribution in [0.1, 0.15) is 40.4 Å². The number of nitrogens with zero attached hydrogens (tertiary/aromatic N) is 1. The molecule has 0 saturated heterocycles. The normalized spacial score (nSPS) is 16.4. The maximum atomic E-state index is 12.7. The highest BCUT2D eigenvalue weighted by Crippen LogP contribution is 2.29. The van der Waals surface area contributed by atoms with Crippen LogP contribution in [0.15, 0.2) is 73.1 Å². The number of hydrogen-bond donors (Lipinski definition) is 1. The van der Waals surface area contributed by atoms with Gasteiger partial charge in [0, 0.05) is 23.6 Å². The van der Waals surface area contributed by atoms with Crippen LogP contribution in [0.4, 0.5) is 0 Å². The Morgan fingerprint density at radius 3 is 2.71 bits per heavy atom. The van der Waals surface area contributed by atoms with E-state index in [2.05, 4.69) is 29.6 Å². The zero-order valence-corrected chi connectivity index (χ0v) is 13.5. The lowest BCUT2D eigenvalue weighted by Crippen LogP contribution is -2.31. The highest BCUT2D eigenvalue weighted by molar-refractivity contribution is 5.95. The molecule has 24 heavy (non-hydrogen) atoms. The third kappa shape index (κ3) is 2.85. The molecule has 1 atom stereocenters. The van der Waals surface area contributed by atoms with Crippen LogP contribution >= 0.6 is 0 Å². The van der Waals surface area contributed by atoms with Gasteiger partial charge in [0.1, 0.15) is 0 Å². The first-order valence-electron chi connectivity index (χ1n) is 8.43. The number of hydrogen-bond acceptors (Lipinski definition) is 1. The molecule has 1 aliphatic rings. The minimum absolute atomic E-state index is 0.00860. The second kappa shape index (κ2) is 6.36. The van der Waals surface area contributed by atoms with E-state index in [-0.39, 0.29) is 11.9 Å². The lowest BCUT2D eigenvalue weighted by Gasteiger charge is -2.26. The van der Waals surface area contributed by atoms with Crippen LogP contribution in [0.3, 0.4) is 0 Å². The van der Waals surface area contributed by atoms with Crippen molar-refractivity contribution in [2.75, 3.05) is 0 Å². The Hall–Kier alpha value is -2.81. The minimum Gasteiger partial charge on any atom is -0.345 e. The van der Waals surface area contributed by atoms with Gasteiger partial charge in [-0.15, -0.1) is 0 Å². The van der Waals surface area contributed by atoms with E-state index in [4.69, 9.17) is 0 Å². The maximum absolute atomic E-state index is 12.7. The molecule has 4 rings (SSSR count). The molecule has 0 fully saturated rings. The van der Waals surface area contributed by atoms with Gasteiger partial charge in [-0.2, -0.15) is 0 Å². The number of rotatable bonds is 3. The number of amides is 1. The van der Waals surface area contributed by atoms with Crippen molar-refractivity contribution < 1.29 is 4.79 Å². The van der Waals surface area contributed by atoms with Gasteiger partial charge in [0.25, 0.3) is 5.91 Å². The van der Waals surface area contributed by atoms with Crippen molar-refractivity contribution in [1.29, 1.82) is 0 Å². The molecule has 1 heterocycles. The lowest BCUT2D eigenvalue weighted by molar-refractivity contribution is 0.0932. The zero-order valence-electron chi connectivity index (χ0n) is 13.5. The zero-order chi connectivity index (χ0) is 16.4. The van der Waals surface area contributed by atoms with E-state index < -0.39 is 0 Å². The molecule has 0 spiro atoms. The molecule has 120 valence electrons. The summed E-state index contributed by atoms with van der Waals surface area (Å²) in [5.41, 5.74) is 4.31. The number of carbonyl (C=O) groups is 1. The number of aromatic nitrogens is 1. The lowest BCUT2D eigenvalue weighted by atomic mass is 9.87. The van der Waals surface area contributed by atoms with E-state index in [0.29, 0.717) is 5.56 Å². The summed E-state index contributed by atoms with van der Waals surface area (Å²) in [4.78, 5) is 12.7. The van der Waals surface area contributed by atoms with Crippen molar-refractivity contribution in [3.05, 3.63) is 89.7 Å². The molecule has 3 nitrogen and oxygen atoms in total. The van der Waals surface area contributed by atoms with E-state index in [1.54, 1.807) is 0 Å². The Labute approximate surface area is 141 Å². The second-order valence-corrected chi connectivity index (χ2v) is 6.26. The molecule has 0 radical (unpaired) electrons. The summed E-state index contributed by atoms with van der Waals surface area (Å²) in [5, 5.41) is 3.22. The molecular weight excluding hydrogens is 296 g/mol. The Bertz CT molecular complexity index is 852. The molecule has 0 bridgehead atoms. The van der Waals surface area contributed by atoms with E-state index >= 15 is 0 Å². The largest absolute Gasteiger partial charge is 0.345 e. The summed E-state index contributed by atoms with van der Waals surface area (Å²) >= 11 is 0. The third-order valence-electron chi connectivity index (χ3n) is 4.69. The average Bonchev–Trinajstić information content (AvgIpc) is 3.17. The van der Waals surface area contributed by atoms with E-state index in [9.17, 15) is 4.79 Å². The Morgan fingerprint density at radius 2 is 1.83 bits per heavy atom. The van der Waals surface area contributed by atoms with Crippen molar-refractivity contribution in [3.8, 4) is 5.69 Å². The summed E-state index contributed by atoms with van der Waals surface area (Å²) < 4.78 is 2.01. The van der Waals surface area contributed by atoms with Crippen molar-refractivity contribution in [2.24, 2.45) is 0 Å². The van der Waals surface area contributed by atoms with Gasteiger partial charge in [-0.25, -0.2) is 0 Å². The summed E-state index contributed by atoms with van der Waals surface area (Å²) in [7, 11) is 0. The van der Waals surface area contributed by atoms with Crippen LogP contribution in [0.2, 0.25) is 0 Å². The highest BCUT2D eigenvalue weighted by atomic mass is 16.1. The minimum atomic E-state index is -0.00860. The SMILES string of the molecule is O=C(N[C@@H]1CCCc2ccccc21)c1cccc(-n2cccc2)c1. The second-order valence-electron chi connectivity index (χ2n) is 6.26. The first-order valence-corrected chi connectivity index (χ1v) is 8.43. The van der Waals surface area contributed by atoms with E-state index in [0.717, 1.165) is 24.9 Å². The van der Waals surface area contributed by atoms with Gasteiger partial charge in [0.05, 0.1) is 6.04 Å². The summed E-state index contributed by atoms with van der Waals surface area (Å²) in [6.07, 6.45) is 7.18. The summed E-state index contributed by atoms with van der Waals surface area (Å²) in [5.74, 6) is -0.00860. The summed E-state index contributed by atoms with van der Waals surface area (Å²) in [6, 6.07) is 20.2. The Kier molecular flexibility index (Phi) is 3.91. The van der Waals surface area contributed by atoms with Gasteiger partial charge in [-0.05, 0) is 60.7 Å². The van der Waals surface area contributed by atoms with Crippen LogP contribution in [0, 0.1) is 0 Å². The van der Waals surface area contributed by atoms with Crippen molar-refractivity contribution >= 4 is 5.91 Å². The Morgan fingerprint density at radius 1 is 1.00 bits per heavy atom. The predicted molar refractivity (Wildman–Crippen MR) is 95.4 cm³/mol. The molecule has 1 N–H and O–H groups in total. The molecule has 1 aliphatic carbocycles. The van der Waals surface area contributed by atoms with Crippen LogP contribution < -0.4 is 5.32 Å². The van der Waals surface area contributed by atoms with E-state index in [1.165, 1.54) is 11.1 Å². The average molecular weight is 316 g/mol. The fourth-order valence-corrected chi connectivity index (χ4v) is 3.46. The van der Waals surface area contributed by atoms with Crippen LogP contribution in [0.25, 0.3) is 5.69 Å². The molecule has 0 aliphatic heterocycles. The van der Waals surface area contributed by atoms with Crippen molar-refractivity contribution in [3.63, 3.8) is 0 Å². The molecule has 3 heteroatoms. The highest BCUT2D eigenvalue weighted by Gasteiger charge is 2.21. The number of fused-ring (bicyclic) bond motifs is 1. The first kappa shape index (κ1) is 14.8. The fraction of sp³-hybridized carbons (Fsp3) is 0.190. The topological polar surface area (TPSA) is 34.0 Å². The van der Waals surface area contributed by atoms with Crippen molar-refractivity contribution in [2.45, 2.75) is 25.3 Å². The third-order valence-corrected chi connectivity index (χ3v) is 4.69. The number of aryl methyl sites for hydroxylation is 1. The first-order chi connectivity index (χ1) is 11.8. The van der Waals surface area contributed by atoms with Gasteiger partial charge >= 0.3 is 0 Å². The molecule has 0 unspecified atom stereocenters. The Balaban J connectivity index is 1.56. The van der Waals surface area contributed by atoms with Gasteiger partial charge in [0.2, 0.25) is 0 Å². The van der Waals surface area contributed by atoms with Gasteiger partial charge in [0.15, 0.2) is 0 Å². The quantitative estimate of drug-likeness (QED) is 0.768. The van der Waals surface area contributed by atoms with E-state index in [1.807, 2.05) is 53.4 Å². The van der Waals surface area contributed by atoms with Crippen LogP contribution in [-0.4, -0.2) is 10.5 Å². The number of nitrogens with one attached hydrogen (secondary N) is 1. The fourth-order valence-electron chi connectivity index (χ4n) is 3.46. The molecule has 1 aromatic heterocycles. The monoisotopic (exact) mass is 316 g/mol. The number of carbonyl (C=O) groups excluding carboxylic acids is 1. The molecule has 0 saturated carbocycles. The van der Waals surface area contributed by atoms with Crippen LogP contribution in [-0.2, 0) is 6.42 Å². The maximum Gasteiger partial charge on any atom is 0.251 e. The molecule has 2 aromatic carbocycles. The summed E-state index contributed by atoms with van der Waals surface area (Å²) in [6.45, 7) is 0. The smallest absolute Gasteiger partial charge is 0.251 e. The van der Waals surface area contributed by atoms with Gasteiger partial charge < -0.3 is 9.88 Å². The molecule has 3 aromatic rings. The number of benzene rings is 2. The molecule has 1 amide bonds. The van der Waals surface area contributed by atoms with Gasteiger partial charge in [-0.1, -0.05) is 30.3 Å². The van der Waals surface area contributed by atoms with Crippen molar-refractivity contribution in [1.82, 2.24) is 9.88 Å². The van der Waals surface area contributed by atoms with Gasteiger partial charge in [-0.3, -0.25) is 4.79 Å². The molecular formula is C21H20N2O. The predicted octanol–water partition coefficient (Wildman–Crippen LogP) is 4.28. The van der Waals surface area contributed by atoms with Crippen LogP contribution in [0.5, 0.6) is 0 Å². The standard InChI is InChI=1S/C21H20N2O/c24-21(17-9-5-10-18(15-17)23-13-3-4-14-23)22-20-12-6-8-16-7-1-2-11-19(16)20/h1-5,7,9-11,13-15,20H,6,8,12H2,(H,22,24)/t20-/m1/s1.